The van der Waals surface area contributed by atoms with Crippen LogP contribution in [0.4, 0.5) is 5.69 Å². The van der Waals surface area contributed by atoms with Gasteiger partial charge in [-0.25, -0.2) is 0 Å². The van der Waals surface area contributed by atoms with E-state index in [-0.39, 0.29) is 18.4 Å². The molecule has 1 aliphatic rings. The van der Waals surface area contributed by atoms with Crippen LogP contribution in [0.3, 0.4) is 0 Å². The third-order valence-corrected chi connectivity index (χ3v) is 3.42. The van der Waals surface area contributed by atoms with Gasteiger partial charge < -0.3 is 10.4 Å². The number of carboxylic acids is 1. The van der Waals surface area contributed by atoms with Gasteiger partial charge in [-0.2, -0.15) is 0 Å². The number of aliphatic carboxylic acids is 1. The second-order valence-electron chi connectivity index (χ2n) is 5.04. The first-order chi connectivity index (χ1) is 8.97. The van der Waals surface area contributed by atoms with Crippen LogP contribution in [0.15, 0.2) is 18.2 Å². The Morgan fingerprint density at radius 2 is 1.89 bits per heavy atom. The number of hydrogen-bond donors (Lipinski definition) is 2. The molecule has 0 bridgehead atoms. The van der Waals surface area contributed by atoms with Gasteiger partial charge in [-0.1, -0.05) is 18.2 Å². The molecule has 2 N–H and O–H groups in total. The Kier molecular flexibility index (Phi) is 3.85. The van der Waals surface area contributed by atoms with Crippen molar-refractivity contribution in [1.29, 1.82) is 0 Å². The van der Waals surface area contributed by atoms with Crippen LogP contribution in [-0.4, -0.2) is 41.5 Å². The number of nitrogens with zero attached hydrogens (tertiary/aromatic N) is 1. The van der Waals surface area contributed by atoms with Crippen LogP contribution in [-0.2, 0) is 9.59 Å². The Morgan fingerprint density at radius 3 is 2.42 bits per heavy atom. The Balaban J connectivity index is 1.87. The minimum Gasteiger partial charge on any atom is -0.481 e. The average molecular weight is 262 g/mol. The van der Waals surface area contributed by atoms with Crippen LogP contribution in [0.1, 0.15) is 11.1 Å². The SMILES string of the molecule is Cc1cccc(C)c1NC(=O)CN1CC(C(=O)O)C1. The molecule has 1 heterocycles. The van der Waals surface area contributed by atoms with Crippen molar-refractivity contribution < 1.29 is 14.7 Å². The van der Waals surface area contributed by atoms with Crippen molar-refractivity contribution in [2.75, 3.05) is 25.0 Å². The van der Waals surface area contributed by atoms with Gasteiger partial charge in [0.05, 0.1) is 12.5 Å². The molecule has 102 valence electrons. The Bertz CT molecular complexity index is 487. The number of carboxylic acid groups (broad SMARTS) is 1. The zero-order chi connectivity index (χ0) is 14.0. The summed E-state index contributed by atoms with van der Waals surface area (Å²) in [5, 5.41) is 11.7. The van der Waals surface area contributed by atoms with E-state index < -0.39 is 5.97 Å². The third-order valence-electron chi connectivity index (χ3n) is 3.42. The minimum absolute atomic E-state index is 0.0961. The molecular weight excluding hydrogens is 244 g/mol. The fourth-order valence-electron chi connectivity index (χ4n) is 2.25. The number of aryl methyl sites for hydroxylation is 2. The summed E-state index contributed by atoms with van der Waals surface area (Å²) in [6.07, 6.45) is 0. The predicted molar refractivity (Wildman–Crippen MR) is 72.1 cm³/mol. The quantitative estimate of drug-likeness (QED) is 0.857. The minimum atomic E-state index is -0.786. The summed E-state index contributed by atoms with van der Waals surface area (Å²) in [7, 11) is 0. The number of likely N-dealkylation sites (tertiary alicyclic amines) is 1. The molecule has 1 saturated heterocycles. The zero-order valence-electron chi connectivity index (χ0n) is 11.1. The van der Waals surface area contributed by atoms with E-state index in [4.69, 9.17) is 5.11 Å². The monoisotopic (exact) mass is 262 g/mol. The van der Waals surface area contributed by atoms with Crippen LogP contribution in [0.5, 0.6) is 0 Å². The van der Waals surface area contributed by atoms with E-state index in [9.17, 15) is 9.59 Å². The second-order valence-corrected chi connectivity index (χ2v) is 5.04. The summed E-state index contributed by atoms with van der Waals surface area (Å²) in [6.45, 7) is 5.06. The van der Waals surface area contributed by atoms with E-state index in [0.717, 1.165) is 16.8 Å². The van der Waals surface area contributed by atoms with Crippen molar-refractivity contribution in [1.82, 2.24) is 4.90 Å². The molecular formula is C14H18N2O3. The van der Waals surface area contributed by atoms with Crippen LogP contribution in [0, 0.1) is 19.8 Å². The maximum Gasteiger partial charge on any atom is 0.309 e. The highest BCUT2D eigenvalue weighted by molar-refractivity contribution is 5.93. The summed E-state index contributed by atoms with van der Waals surface area (Å²) in [5.41, 5.74) is 2.91. The molecule has 1 fully saturated rings. The standard InChI is InChI=1S/C14H18N2O3/c1-9-4-3-5-10(2)13(9)15-12(17)8-16-6-11(7-16)14(18)19/h3-5,11H,6-8H2,1-2H3,(H,15,17)(H,18,19). The molecule has 0 spiro atoms. The van der Waals surface area contributed by atoms with Gasteiger partial charge in [0.1, 0.15) is 0 Å². The fraction of sp³-hybridized carbons (Fsp3) is 0.429. The van der Waals surface area contributed by atoms with Gasteiger partial charge in [0.2, 0.25) is 5.91 Å². The molecule has 5 heteroatoms. The number of carbonyl (C=O) groups is 2. The summed E-state index contributed by atoms with van der Waals surface area (Å²) in [4.78, 5) is 24.4. The zero-order valence-corrected chi connectivity index (χ0v) is 11.1. The van der Waals surface area contributed by atoms with E-state index in [1.165, 1.54) is 0 Å². The fourth-order valence-corrected chi connectivity index (χ4v) is 2.25. The van der Waals surface area contributed by atoms with Crippen LogP contribution in [0.25, 0.3) is 0 Å². The van der Waals surface area contributed by atoms with Crippen molar-refractivity contribution in [3.8, 4) is 0 Å². The van der Waals surface area contributed by atoms with E-state index in [1.54, 1.807) is 0 Å². The number of anilines is 1. The maximum absolute atomic E-state index is 11.9. The smallest absolute Gasteiger partial charge is 0.309 e. The van der Waals surface area contributed by atoms with Crippen molar-refractivity contribution in [2.24, 2.45) is 5.92 Å². The molecule has 0 aromatic heterocycles. The first-order valence-electron chi connectivity index (χ1n) is 6.28. The number of nitrogens with one attached hydrogen (secondary N) is 1. The molecule has 1 aliphatic heterocycles. The van der Waals surface area contributed by atoms with Crippen molar-refractivity contribution in [2.45, 2.75) is 13.8 Å². The topological polar surface area (TPSA) is 69.6 Å². The van der Waals surface area contributed by atoms with E-state index in [1.807, 2.05) is 36.9 Å². The van der Waals surface area contributed by atoms with Gasteiger partial charge >= 0.3 is 5.97 Å². The van der Waals surface area contributed by atoms with Crippen LogP contribution >= 0.6 is 0 Å². The summed E-state index contributed by atoms with van der Waals surface area (Å²) in [6, 6.07) is 5.85. The lowest BCUT2D eigenvalue weighted by Gasteiger charge is -2.35. The molecule has 1 amide bonds. The molecule has 2 rings (SSSR count). The third kappa shape index (κ3) is 3.12. The number of hydrogen-bond acceptors (Lipinski definition) is 3. The molecule has 1 aromatic rings. The number of para-hydroxylation sites is 1. The first-order valence-corrected chi connectivity index (χ1v) is 6.28. The number of benzene rings is 1. The number of rotatable bonds is 4. The molecule has 0 atom stereocenters. The number of carbonyl (C=O) groups excluding carboxylic acids is 1. The summed E-state index contributed by atoms with van der Waals surface area (Å²) < 4.78 is 0. The van der Waals surface area contributed by atoms with Gasteiger partial charge in [0, 0.05) is 18.8 Å². The van der Waals surface area contributed by atoms with Crippen LogP contribution in [0.2, 0.25) is 0 Å². The van der Waals surface area contributed by atoms with Crippen LogP contribution < -0.4 is 5.32 Å². The van der Waals surface area contributed by atoms with E-state index in [2.05, 4.69) is 5.32 Å². The Hall–Kier alpha value is -1.88. The van der Waals surface area contributed by atoms with Crippen molar-refractivity contribution in [3.05, 3.63) is 29.3 Å². The Labute approximate surface area is 112 Å². The number of amides is 1. The highest BCUT2D eigenvalue weighted by atomic mass is 16.4. The Morgan fingerprint density at radius 1 is 1.32 bits per heavy atom. The highest BCUT2D eigenvalue weighted by Gasteiger charge is 2.33. The lowest BCUT2D eigenvalue weighted by Crippen LogP contribution is -2.52. The maximum atomic E-state index is 11.9. The summed E-state index contributed by atoms with van der Waals surface area (Å²) in [5.74, 6) is -1.21. The van der Waals surface area contributed by atoms with Gasteiger partial charge in [-0.3, -0.25) is 14.5 Å². The molecule has 19 heavy (non-hydrogen) atoms. The lowest BCUT2D eigenvalue weighted by atomic mass is 10.0. The van der Waals surface area contributed by atoms with E-state index in [0.29, 0.717) is 13.1 Å². The van der Waals surface area contributed by atoms with Crippen molar-refractivity contribution in [3.63, 3.8) is 0 Å². The second kappa shape index (κ2) is 5.40. The average Bonchev–Trinajstić information content (AvgIpc) is 2.27. The molecule has 1 aromatic carbocycles. The molecule has 0 aliphatic carbocycles. The largest absolute Gasteiger partial charge is 0.481 e. The van der Waals surface area contributed by atoms with Gasteiger partial charge in [0.15, 0.2) is 0 Å². The predicted octanol–water partition coefficient (Wildman–Crippen LogP) is 1.26. The van der Waals surface area contributed by atoms with Gasteiger partial charge in [-0.15, -0.1) is 0 Å². The molecule has 0 saturated carbocycles. The van der Waals surface area contributed by atoms with Crippen molar-refractivity contribution >= 4 is 17.6 Å². The molecule has 0 unspecified atom stereocenters. The van der Waals surface area contributed by atoms with Gasteiger partial charge in [-0.05, 0) is 25.0 Å². The molecule has 0 radical (unpaired) electrons. The normalized spacial score (nSPS) is 15.9. The summed E-state index contributed by atoms with van der Waals surface area (Å²) >= 11 is 0. The lowest BCUT2D eigenvalue weighted by molar-refractivity contribution is -0.148. The van der Waals surface area contributed by atoms with Gasteiger partial charge in [0.25, 0.3) is 0 Å². The van der Waals surface area contributed by atoms with E-state index >= 15 is 0 Å². The molecule has 5 nitrogen and oxygen atoms in total. The highest BCUT2D eigenvalue weighted by Crippen LogP contribution is 2.20. The first kappa shape index (κ1) is 13.5.